The summed E-state index contributed by atoms with van der Waals surface area (Å²) in [5.41, 5.74) is 0.950. The topological polar surface area (TPSA) is 77.5 Å². The lowest BCUT2D eigenvalue weighted by Gasteiger charge is -2.44. The van der Waals surface area contributed by atoms with Crippen LogP contribution in [0.3, 0.4) is 0 Å². The Labute approximate surface area is 248 Å². The first kappa shape index (κ1) is 30.8. The van der Waals surface area contributed by atoms with E-state index in [1.807, 2.05) is 51.0 Å². The van der Waals surface area contributed by atoms with Gasteiger partial charge in [0.25, 0.3) is 5.91 Å². The van der Waals surface area contributed by atoms with E-state index in [0.717, 1.165) is 5.56 Å². The number of benzene rings is 2. The molecule has 1 N–H and O–H groups in total. The third kappa shape index (κ3) is 6.66. The molecule has 0 spiro atoms. The van der Waals surface area contributed by atoms with Crippen LogP contribution in [-0.2, 0) is 20.9 Å². The molecular weight excluding hydrogens is 566 g/mol. The smallest absolute Gasteiger partial charge is 0.378 e. The molecular formula is C31H35F4N5O3. The van der Waals surface area contributed by atoms with Crippen molar-refractivity contribution in [2.24, 2.45) is 10.9 Å². The molecule has 0 bridgehead atoms. The van der Waals surface area contributed by atoms with Gasteiger partial charge < -0.3 is 15.0 Å². The van der Waals surface area contributed by atoms with Gasteiger partial charge in [0.05, 0.1) is 36.2 Å². The van der Waals surface area contributed by atoms with Crippen molar-refractivity contribution in [3.63, 3.8) is 0 Å². The van der Waals surface area contributed by atoms with Crippen molar-refractivity contribution in [2.45, 2.75) is 44.7 Å². The number of alkyl halides is 3. The molecule has 0 aromatic heterocycles. The number of rotatable bonds is 7. The predicted octanol–water partition coefficient (Wildman–Crippen LogP) is 4.51. The highest BCUT2D eigenvalue weighted by atomic mass is 19.4. The Morgan fingerprint density at radius 3 is 2.47 bits per heavy atom. The van der Waals surface area contributed by atoms with E-state index in [-0.39, 0.29) is 23.3 Å². The number of ether oxygens (including phenoxy) is 1. The Morgan fingerprint density at radius 2 is 1.84 bits per heavy atom. The fourth-order valence-corrected chi connectivity index (χ4v) is 5.64. The predicted molar refractivity (Wildman–Crippen MR) is 157 cm³/mol. The molecule has 0 radical (unpaired) electrons. The summed E-state index contributed by atoms with van der Waals surface area (Å²) in [6.45, 7) is 7.02. The zero-order chi connectivity index (χ0) is 31.1. The first-order chi connectivity index (χ1) is 20.3. The second-order valence-electron chi connectivity index (χ2n) is 11.6. The van der Waals surface area contributed by atoms with E-state index in [1.165, 1.54) is 12.1 Å². The van der Waals surface area contributed by atoms with Crippen LogP contribution in [0.15, 0.2) is 53.0 Å². The molecule has 2 amide bonds. The normalized spacial score (nSPS) is 23.4. The molecule has 0 saturated carbocycles. The molecule has 1 unspecified atom stereocenters. The van der Waals surface area contributed by atoms with Crippen molar-refractivity contribution in [3.8, 4) is 11.1 Å². The van der Waals surface area contributed by atoms with Gasteiger partial charge in [-0.1, -0.05) is 18.2 Å². The number of hydrogen-bond donors (Lipinski definition) is 1. The van der Waals surface area contributed by atoms with Crippen molar-refractivity contribution in [3.05, 3.63) is 59.4 Å². The van der Waals surface area contributed by atoms with Crippen LogP contribution in [0, 0.1) is 11.7 Å². The van der Waals surface area contributed by atoms with Gasteiger partial charge in [-0.3, -0.25) is 19.4 Å². The minimum atomic E-state index is -4.91. The molecule has 3 aliphatic rings. The van der Waals surface area contributed by atoms with Crippen molar-refractivity contribution in [2.75, 3.05) is 50.6 Å². The summed E-state index contributed by atoms with van der Waals surface area (Å²) in [6.07, 6.45) is -3.87. The summed E-state index contributed by atoms with van der Waals surface area (Å²) in [7, 11) is 3.99. The number of anilines is 2. The molecule has 5 rings (SSSR count). The molecule has 3 atom stereocenters. The van der Waals surface area contributed by atoms with Gasteiger partial charge in [-0.25, -0.2) is 9.38 Å². The van der Waals surface area contributed by atoms with Gasteiger partial charge in [-0.05, 0) is 57.3 Å². The number of dihydropyridines is 1. The highest BCUT2D eigenvalue weighted by Crippen LogP contribution is 2.38. The van der Waals surface area contributed by atoms with Crippen molar-refractivity contribution >= 4 is 29.4 Å². The van der Waals surface area contributed by atoms with Crippen molar-refractivity contribution in [1.82, 2.24) is 9.80 Å². The number of piperazine rings is 1. The maximum Gasteiger partial charge on any atom is 0.414 e. The monoisotopic (exact) mass is 601 g/mol. The second kappa shape index (κ2) is 12.2. The summed E-state index contributed by atoms with van der Waals surface area (Å²) in [5.74, 6) is -4.46. The van der Waals surface area contributed by atoms with Crippen LogP contribution in [0.25, 0.3) is 11.1 Å². The van der Waals surface area contributed by atoms with Gasteiger partial charge in [-0.2, -0.15) is 13.2 Å². The number of nitrogens with one attached hydrogen (secondary N) is 1. The van der Waals surface area contributed by atoms with Crippen LogP contribution < -0.4 is 10.2 Å². The molecule has 0 aliphatic carbocycles. The molecule has 2 fully saturated rings. The molecule has 43 heavy (non-hydrogen) atoms. The van der Waals surface area contributed by atoms with Gasteiger partial charge in [0.15, 0.2) is 0 Å². The Balaban J connectivity index is 1.52. The SMILES string of the molecule is C[C@@H]1CN(c2cc(F)c(-c3cccc(CN(C)C4COC4)c3)cc2NC(=O)C2C=NC(=O)C=C2C(F)(F)F)C[C@H](C)N1C. The largest absolute Gasteiger partial charge is 0.414 e. The standard InChI is InChI=1S/C31H35F4N5O3/c1-18-13-40(14-19(2)39(18)4)28-11-26(32)23(21-7-5-6-20(8-21)15-38(3)22-16-43-17-22)9-27(28)37-30(42)24-12-36-29(41)10-25(24)31(33,34)35/h5-12,18-19,22,24H,13-17H2,1-4H3,(H,37,42)/t18-,19+,24?. The van der Waals surface area contributed by atoms with E-state index < -0.39 is 35.3 Å². The van der Waals surface area contributed by atoms with Crippen LogP contribution in [0.5, 0.6) is 0 Å². The van der Waals surface area contributed by atoms with Gasteiger partial charge >= 0.3 is 6.18 Å². The summed E-state index contributed by atoms with van der Waals surface area (Å²) in [5, 5.41) is 2.62. The summed E-state index contributed by atoms with van der Waals surface area (Å²) >= 11 is 0. The molecule has 8 nitrogen and oxygen atoms in total. The fourth-order valence-electron chi connectivity index (χ4n) is 5.64. The average Bonchev–Trinajstić information content (AvgIpc) is 2.90. The minimum Gasteiger partial charge on any atom is -0.378 e. The minimum absolute atomic E-state index is 0.0982. The molecule has 12 heteroatoms. The number of aliphatic imine (C=N–C) groups is 1. The fraction of sp³-hybridized carbons (Fsp3) is 0.452. The van der Waals surface area contributed by atoms with E-state index in [0.29, 0.717) is 62.4 Å². The average molecular weight is 602 g/mol. The van der Waals surface area contributed by atoms with E-state index in [2.05, 4.69) is 20.1 Å². The Hall–Kier alpha value is -3.61. The molecule has 2 aromatic rings. The number of carbonyl (C=O) groups is 2. The maximum atomic E-state index is 15.9. The van der Waals surface area contributed by atoms with Crippen molar-refractivity contribution < 1.29 is 31.9 Å². The van der Waals surface area contributed by atoms with Gasteiger partial charge in [0, 0.05) is 49.6 Å². The van der Waals surface area contributed by atoms with Crippen molar-refractivity contribution in [1.29, 1.82) is 0 Å². The molecule has 3 aliphatic heterocycles. The zero-order valence-corrected chi connectivity index (χ0v) is 24.5. The molecule has 2 saturated heterocycles. The molecule has 230 valence electrons. The number of halogens is 4. The van der Waals surface area contributed by atoms with Crippen LogP contribution in [-0.4, -0.2) is 92.5 Å². The van der Waals surface area contributed by atoms with E-state index in [1.54, 1.807) is 6.07 Å². The van der Waals surface area contributed by atoms with Crippen LogP contribution in [0.4, 0.5) is 28.9 Å². The van der Waals surface area contributed by atoms with E-state index in [9.17, 15) is 22.8 Å². The number of hydrogen-bond acceptors (Lipinski definition) is 6. The summed E-state index contributed by atoms with van der Waals surface area (Å²) in [6, 6.07) is 10.7. The quantitative estimate of drug-likeness (QED) is 0.471. The third-order valence-electron chi connectivity index (χ3n) is 8.53. The number of amides is 2. The number of likely N-dealkylation sites (N-methyl/N-ethyl adjacent to an activating group) is 2. The summed E-state index contributed by atoms with van der Waals surface area (Å²) < 4.78 is 62.5. The lowest BCUT2D eigenvalue weighted by atomic mass is 9.95. The second-order valence-corrected chi connectivity index (χ2v) is 11.6. The lowest BCUT2D eigenvalue weighted by molar-refractivity contribution is -0.124. The van der Waals surface area contributed by atoms with Gasteiger partial charge in [-0.15, -0.1) is 0 Å². The highest BCUT2D eigenvalue weighted by Gasteiger charge is 2.43. The lowest BCUT2D eigenvalue weighted by Crippen LogP contribution is -2.55. The third-order valence-corrected chi connectivity index (χ3v) is 8.53. The maximum absolute atomic E-state index is 15.9. The van der Waals surface area contributed by atoms with Gasteiger partial charge in [0.1, 0.15) is 11.7 Å². The first-order valence-corrected chi connectivity index (χ1v) is 14.2. The first-order valence-electron chi connectivity index (χ1n) is 14.2. The molecule has 2 aromatic carbocycles. The van der Waals surface area contributed by atoms with Crippen LogP contribution in [0.1, 0.15) is 19.4 Å². The number of carbonyl (C=O) groups excluding carboxylic acids is 2. The highest BCUT2D eigenvalue weighted by molar-refractivity contribution is 6.11. The van der Waals surface area contributed by atoms with Gasteiger partial charge in [0.2, 0.25) is 5.91 Å². The van der Waals surface area contributed by atoms with Crippen LogP contribution in [0.2, 0.25) is 0 Å². The summed E-state index contributed by atoms with van der Waals surface area (Å²) in [4.78, 5) is 34.7. The van der Waals surface area contributed by atoms with Crippen LogP contribution >= 0.6 is 0 Å². The Morgan fingerprint density at radius 1 is 1.14 bits per heavy atom. The Kier molecular flexibility index (Phi) is 8.73. The van der Waals surface area contributed by atoms with E-state index in [4.69, 9.17) is 4.74 Å². The molecule has 3 heterocycles. The number of nitrogens with zero attached hydrogens (tertiary/aromatic N) is 4. The Bertz CT molecular complexity index is 1440. The van der Waals surface area contributed by atoms with E-state index >= 15 is 4.39 Å². The zero-order valence-electron chi connectivity index (χ0n) is 24.5.